The second kappa shape index (κ2) is 5.05. The molecule has 0 aromatic heterocycles. The van der Waals surface area contributed by atoms with E-state index in [0.29, 0.717) is 11.3 Å². The molecule has 0 atom stereocenters. The fourth-order valence-electron chi connectivity index (χ4n) is 1.50. The smallest absolute Gasteiger partial charge is 0.138 e. The lowest BCUT2D eigenvalue weighted by Crippen LogP contribution is -2.23. The van der Waals surface area contributed by atoms with Crippen molar-refractivity contribution in [2.45, 2.75) is 33.3 Å². The van der Waals surface area contributed by atoms with Crippen LogP contribution in [0.1, 0.15) is 38.8 Å². The van der Waals surface area contributed by atoms with E-state index in [9.17, 15) is 5.26 Å². The molecule has 0 unspecified atom stereocenters. The summed E-state index contributed by atoms with van der Waals surface area (Å²) in [6.45, 7) is 11.6. The molecule has 0 bridgehead atoms. The largest absolute Gasteiger partial charge is 0.487 e. The van der Waals surface area contributed by atoms with Crippen molar-refractivity contribution in [2.75, 3.05) is 0 Å². The number of rotatable bonds is 3. The third kappa shape index (κ3) is 3.35. The van der Waals surface area contributed by atoms with Crippen LogP contribution in [-0.4, -0.2) is 5.60 Å². The quantitative estimate of drug-likeness (QED) is 0.787. The molecule has 0 N–H and O–H groups in total. The van der Waals surface area contributed by atoms with Crippen LogP contribution < -0.4 is 4.74 Å². The number of benzene rings is 1. The molecule has 0 spiro atoms. The van der Waals surface area contributed by atoms with Gasteiger partial charge in [-0.05, 0) is 32.4 Å². The Labute approximate surface area is 104 Å². The second-order valence-electron chi connectivity index (χ2n) is 4.89. The lowest BCUT2D eigenvalue weighted by molar-refractivity contribution is 0.130. The van der Waals surface area contributed by atoms with Crippen molar-refractivity contribution in [1.82, 2.24) is 0 Å². The average Bonchev–Trinajstić information content (AvgIpc) is 2.25. The molecule has 0 aliphatic heterocycles. The summed E-state index contributed by atoms with van der Waals surface area (Å²) < 4.78 is 5.79. The highest BCUT2D eigenvalue weighted by molar-refractivity contribution is 5.55. The van der Waals surface area contributed by atoms with Gasteiger partial charge in [0, 0.05) is 5.92 Å². The van der Waals surface area contributed by atoms with Gasteiger partial charge >= 0.3 is 0 Å². The van der Waals surface area contributed by atoms with Crippen molar-refractivity contribution in [3.63, 3.8) is 0 Å². The van der Waals surface area contributed by atoms with E-state index in [2.05, 4.69) is 12.6 Å². The molecule has 17 heavy (non-hydrogen) atoms. The second-order valence-corrected chi connectivity index (χ2v) is 4.89. The van der Waals surface area contributed by atoms with E-state index in [1.54, 1.807) is 6.08 Å². The molecular formula is C15H18NO. The summed E-state index contributed by atoms with van der Waals surface area (Å²) in [6, 6.07) is 7.83. The molecule has 1 rings (SSSR count). The Morgan fingerprint density at radius 3 is 2.53 bits per heavy atom. The van der Waals surface area contributed by atoms with Crippen molar-refractivity contribution in [3.05, 3.63) is 47.9 Å². The Hall–Kier alpha value is -1.75. The predicted octanol–water partition coefficient (Wildman–Crippen LogP) is 3.86. The third-order valence-corrected chi connectivity index (χ3v) is 2.29. The van der Waals surface area contributed by atoms with Crippen molar-refractivity contribution < 1.29 is 4.74 Å². The minimum Gasteiger partial charge on any atom is -0.487 e. The Morgan fingerprint density at radius 1 is 1.41 bits per heavy atom. The van der Waals surface area contributed by atoms with Gasteiger partial charge in [0.05, 0.1) is 5.56 Å². The fraction of sp³-hybridized carbons (Fsp3) is 0.333. The van der Waals surface area contributed by atoms with Crippen LogP contribution in [0.4, 0.5) is 0 Å². The zero-order valence-corrected chi connectivity index (χ0v) is 10.9. The van der Waals surface area contributed by atoms with Gasteiger partial charge in [-0.15, -0.1) is 6.58 Å². The molecule has 89 valence electrons. The van der Waals surface area contributed by atoms with Crippen molar-refractivity contribution in [2.24, 2.45) is 0 Å². The minimum atomic E-state index is -0.313. The molecule has 1 radical (unpaired) electrons. The first-order chi connectivity index (χ1) is 7.89. The standard InChI is InChI=1S/C15H18NO/c1-6-11(2)12-8-7-9-14(13(12)10-16)17-15(3,4)5/h6-9H,1H2,2-5H3. The molecule has 2 heteroatoms. The number of hydrogen-bond donors (Lipinski definition) is 0. The zero-order chi connectivity index (χ0) is 13.1. The van der Waals surface area contributed by atoms with E-state index >= 15 is 0 Å². The lowest BCUT2D eigenvalue weighted by atomic mass is 9.95. The van der Waals surface area contributed by atoms with Crippen molar-refractivity contribution in [1.29, 1.82) is 5.26 Å². The molecule has 0 saturated carbocycles. The molecule has 2 nitrogen and oxygen atoms in total. The van der Waals surface area contributed by atoms with Gasteiger partial charge < -0.3 is 4.74 Å². The Bertz CT molecular complexity index is 449. The van der Waals surface area contributed by atoms with Crippen LogP contribution in [0.25, 0.3) is 0 Å². The first-order valence-electron chi connectivity index (χ1n) is 5.57. The monoisotopic (exact) mass is 228 g/mol. The molecule has 1 aromatic carbocycles. The summed E-state index contributed by atoms with van der Waals surface area (Å²) in [5.74, 6) is 1.60. The summed E-state index contributed by atoms with van der Waals surface area (Å²) >= 11 is 0. The first-order valence-corrected chi connectivity index (χ1v) is 5.57. The summed E-state index contributed by atoms with van der Waals surface area (Å²) in [6.07, 6.45) is 1.75. The highest BCUT2D eigenvalue weighted by Crippen LogP contribution is 2.29. The van der Waals surface area contributed by atoms with Crippen LogP contribution in [-0.2, 0) is 0 Å². The number of allylic oxidation sites excluding steroid dienone is 1. The molecule has 0 fully saturated rings. The fourth-order valence-corrected chi connectivity index (χ4v) is 1.50. The minimum absolute atomic E-state index is 0.313. The van der Waals surface area contributed by atoms with E-state index in [1.165, 1.54) is 0 Å². The molecule has 0 saturated heterocycles. The van der Waals surface area contributed by atoms with E-state index in [1.807, 2.05) is 45.9 Å². The van der Waals surface area contributed by atoms with Crippen molar-refractivity contribution >= 4 is 0 Å². The summed E-state index contributed by atoms with van der Waals surface area (Å²) in [5, 5.41) is 9.26. The van der Waals surface area contributed by atoms with Gasteiger partial charge in [-0.1, -0.05) is 25.1 Å². The topological polar surface area (TPSA) is 33.0 Å². The maximum atomic E-state index is 9.26. The summed E-state index contributed by atoms with van der Waals surface area (Å²) in [4.78, 5) is 0. The number of hydrogen-bond acceptors (Lipinski definition) is 2. The highest BCUT2D eigenvalue weighted by atomic mass is 16.5. The summed E-state index contributed by atoms with van der Waals surface area (Å²) in [5.41, 5.74) is 1.14. The Balaban J connectivity index is 3.25. The normalized spacial score (nSPS) is 11.1. The van der Waals surface area contributed by atoms with Gasteiger partial charge in [-0.2, -0.15) is 5.26 Å². The maximum Gasteiger partial charge on any atom is 0.138 e. The predicted molar refractivity (Wildman–Crippen MR) is 69.8 cm³/mol. The first kappa shape index (κ1) is 13.3. The molecular weight excluding hydrogens is 210 g/mol. The highest BCUT2D eigenvalue weighted by Gasteiger charge is 2.18. The van der Waals surface area contributed by atoms with E-state index < -0.39 is 0 Å². The maximum absolute atomic E-state index is 9.26. The summed E-state index contributed by atoms with van der Waals surface area (Å²) in [7, 11) is 0. The number of nitrogens with zero attached hydrogens (tertiary/aromatic N) is 1. The number of ether oxygens (including phenoxy) is 1. The Kier molecular flexibility index (Phi) is 3.96. The SMILES string of the molecule is C=C[C](C)c1cccc(OC(C)(C)C)c1C#N. The van der Waals surface area contributed by atoms with Gasteiger partial charge in [0.25, 0.3) is 0 Å². The van der Waals surface area contributed by atoms with Gasteiger partial charge in [-0.3, -0.25) is 0 Å². The van der Waals surface area contributed by atoms with Gasteiger partial charge in [-0.25, -0.2) is 0 Å². The number of nitriles is 1. The third-order valence-electron chi connectivity index (χ3n) is 2.29. The average molecular weight is 228 g/mol. The molecule has 1 aromatic rings. The van der Waals surface area contributed by atoms with Gasteiger partial charge in [0.1, 0.15) is 17.4 Å². The molecule has 0 amide bonds. The van der Waals surface area contributed by atoms with Gasteiger partial charge in [0.2, 0.25) is 0 Å². The Morgan fingerprint density at radius 2 is 2.06 bits per heavy atom. The molecule has 0 heterocycles. The van der Waals surface area contributed by atoms with Gasteiger partial charge in [0.15, 0.2) is 0 Å². The lowest BCUT2D eigenvalue weighted by Gasteiger charge is -2.23. The van der Waals surface area contributed by atoms with Crippen molar-refractivity contribution in [3.8, 4) is 11.8 Å². The molecule has 0 aliphatic rings. The molecule has 0 aliphatic carbocycles. The van der Waals surface area contributed by atoms with E-state index in [-0.39, 0.29) is 5.60 Å². The van der Waals surface area contributed by atoms with Crippen LogP contribution in [0.3, 0.4) is 0 Å². The van der Waals surface area contributed by atoms with E-state index in [0.717, 1.165) is 11.5 Å². The van der Waals surface area contributed by atoms with Crippen LogP contribution in [0.5, 0.6) is 5.75 Å². The van der Waals surface area contributed by atoms with Crippen LogP contribution in [0.2, 0.25) is 0 Å². The van der Waals surface area contributed by atoms with Crippen LogP contribution in [0.15, 0.2) is 30.9 Å². The zero-order valence-electron chi connectivity index (χ0n) is 10.9. The van der Waals surface area contributed by atoms with Crippen LogP contribution in [0, 0.1) is 17.2 Å². The van der Waals surface area contributed by atoms with Crippen LogP contribution >= 0.6 is 0 Å². The van der Waals surface area contributed by atoms with E-state index in [4.69, 9.17) is 4.74 Å².